The van der Waals surface area contributed by atoms with E-state index >= 15 is 0 Å². The molecule has 0 fully saturated rings. The molecule has 0 aliphatic rings. The fourth-order valence-corrected chi connectivity index (χ4v) is 1.09. The van der Waals surface area contributed by atoms with E-state index in [1.54, 1.807) is 31.4 Å². The molecular formula is C12H16O3. The molecule has 0 aliphatic carbocycles. The summed E-state index contributed by atoms with van der Waals surface area (Å²) in [6, 6.07) is 6.91. The van der Waals surface area contributed by atoms with Gasteiger partial charge in [0.15, 0.2) is 0 Å². The van der Waals surface area contributed by atoms with E-state index in [0.717, 1.165) is 0 Å². The molecule has 0 bridgehead atoms. The van der Waals surface area contributed by atoms with Crippen molar-refractivity contribution in [3.63, 3.8) is 0 Å². The molecule has 0 radical (unpaired) electrons. The minimum Gasteiger partial charge on any atom is -0.497 e. The molecule has 0 amide bonds. The topological polar surface area (TPSA) is 35.5 Å². The molecule has 15 heavy (non-hydrogen) atoms. The van der Waals surface area contributed by atoms with Gasteiger partial charge in [-0.2, -0.15) is 0 Å². The number of carbonyl (C=O) groups is 1. The van der Waals surface area contributed by atoms with Gasteiger partial charge in [-0.3, -0.25) is 0 Å². The average molecular weight is 208 g/mol. The molecule has 3 nitrogen and oxygen atoms in total. The van der Waals surface area contributed by atoms with Gasteiger partial charge >= 0.3 is 5.97 Å². The Kier molecular flexibility index (Phi) is 3.35. The van der Waals surface area contributed by atoms with Gasteiger partial charge in [-0.15, -0.1) is 0 Å². The zero-order chi connectivity index (χ0) is 11.5. The second-order valence-electron chi connectivity index (χ2n) is 4.23. The van der Waals surface area contributed by atoms with Crippen LogP contribution in [-0.2, 0) is 4.74 Å². The molecule has 1 aromatic rings. The van der Waals surface area contributed by atoms with Gasteiger partial charge < -0.3 is 9.47 Å². The first kappa shape index (κ1) is 11.6. The van der Waals surface area contributed by atoms with Crippen molar-refractivity contribution in [2.24, 2.45) is 0 Å². The van der Waals surface area contributed by atoms with Crippen molar-refractivity contribution in [1.82, 2.24) is 0 Å². The first-order valence-electron chi connectivity index (χ1n) is 4.80. The molecule has 0 unspecified atom stereocenters. The Morgan fingerprint density at radius 1 is 1.27 bits per heavy atom. The van der Waals surface area contributed by atoms with Crippen LogP contribution in [-0.4, -0.2) is 18.7 Å². The van der Waals surface area contributed by atoms with Crippen LogP contribution in [0.5, 0.6) is 5.75 Å². The molecule has 0 aliphatic heterocycles. The van der Waals surface area contributed by atoms with Crippen LogP contribution < -0.4 is 4.74 Å². The summed E-state index contributed by atoms with van der Waals surface area (Å²) >= 11 is 0. The minimum atomic E-state index is -0.472. The Labute approximate surface area is 90.0 Å². The molecule has 0 heterocycles. The second-order valence-corrected chi connectivity index (χ2v) is 4.23. The largest absolute Gasteiger partial charge is 0.497 e. The highest BCUT2D eigenvalue weighted by molar-refractivity contribution is 5.90. The zero-order valence-electron chi connectivity index (χ0n) is 9.53. The summed E-state index contributed by atoms with van der Waals surface area (Å²) in [4.78, 5) is 11.7. The Morgan fingerprint density at radius 2 is 1.93 bits per heavy atom. The summed E-state index contributed by atoms with van der Waals surface area (Å²) in [5.74, 6) is 0.319. The van der Waals surface area contributed by atoms with E-state index in [4.69, 9.17) is 9.47 Å². The van der Waals surface area contributed by atoms with Crippen molar-refractivity contribution in [2.45, 2.75) is 26.4 Å². The van der Waals surface area contributed by atoms with Crippen LogP contribution in [0.25, 0.3) is 0 Å². The van der Waals surface area contributed by atoms with Gasteiger partial charge in [0, 0.05) is 0 Å². The molecule has 82 valence electrons. The first-order valence-corrected chi connectivity index (χ1v) is 4.80. The normalized spacial score (nSPS) is 10.9. The van der Waals surface area contributed by atoms with Crippen molar-refractivity contribution >= 4 is 5.97 Å². The van der Waals surface area contributed by atoms with Crippen molar-refractivity contribution in [2.75, 3.05) is 7.11 Å². The van der Waals surface area contributed by atoms with E-state index in [0.29, 0.717) is 11.3 Å². The molecule has 0 N–H and O–H groups in total. The lowest BCUT2D eigenvalue weighted by Crippen LogP contribution is -2.23. The fourth-order valence-electron chi connectivity index (χ4n) is 1.09. The first-order chi connectivity index (χ1) is 6.92. The summed E-state index contributed by atoms with van der Waals surface area (Å²) in [6.07, 6.45) is 0. The van der Waals surface area contributed by atoms with Crippen LogP contribution in [0.2, 0.25) is 0 Å². The molecule has 0 saturated heterocycles. The summed E-state index contributed by atoms with van der Waals surface area (Å²) < 4.78 is 10.3. The van der Waals surface area contributed by atoms with Crippen molar-refractivity contribution in [1.29, 1.82) is 0 Å². The number of methoxy groups -OCH3 is 1. The molecule has 3 heteroatoms. The van der Waals surface area contributed by atoms with E-state index in [1.807, 2.05) is 20.8 Å². The predicted molar refractivity (Wildman–Crippen MR) is 58.2 cm³/mol. The van der Waals surface area contributed by atoms with Crippen LogP contribution in [0.4, 0.5) is 0 Å². The van der Waals surface area contributed by atoms with Gasteiger partial charge in [0.25, 0.3) is 0 Å². The number of esters is 1. The standard InChI is InChI=1S/C12H16O3/c1-12(2,3)15-11(13)9-6-5-7-10(8-9)14-4/h5-8H,1-4H3. The summed E-state index contributed by atoms with van der Waals surface area (Å²) in [6.45, 7) is 5.52. The van der Waals surface area contributed by atoms with Crippen LogP contribution in [0, 0.1) is 0 Å². The van der Waals surface area contributed by atoms with Gasteiger partial charge in [-0.1, -0.05) is 6.07 Å². The highest BCUT2D eigenvalue weighted by atomic mass is 16.6. The lowest BCUT2D eigenvalue weighted by atomic mass is 10.1. The number of rotatable bonds is 2. The highest BCUT2D eigenvalue weighted by Crippen LogP contribution is 2.16. The second kappa shape index (κ2) is 4.34. The van der Waals surface area contributed by atoms with E-state index in [-0.39, 0.29) is 5.97 Å². The highest BCUT2D eigenvalue weighted by Gasteiger charge is 2.17. The zero-order valence-corrected chi connectivity index (χ0v) is 9.53. The smallest absolute Gasteiger partial charge is 0.338 e. The fraction of sp³-hybridized carbons (Fsp3) is 0.417. The Bertz CT molecular complexity index is 350. The molecule has 0 saturated carbocycles. The van der Waals surface area contributed by atoms with Crippen LogP contribution in [0.15, 0.2) is 24.3 Å². The molecule has 0 aromatic heterocycles. The van der Waals surface area contributed by atoms with Crippen molar-refractivity contribution < 1.29 is 14.3 Å². The monoisotopic (exact) mass is 208 g/mol. The third kappa shape index (κ3) is 3.62. The lowest BCUT2D eigenvalue weighted by Gasteiger charge is -2.19. The van der Waals surface area contributed by atoms with Gasteiger partial charge in [0.05, 0.1) is 12.7 Å². The Balaban J connectivity index is 2.82. The molecule has 0 atom stereocenters. The van der Waals surface area contributed by atoms with Crippen molar-refractivity contribution in [3.8, 4) is 5.75 Å². The van der Waals surface area contributed by atoms with Gasteiger partial charge in [0.2, 0.25) is 0 Å². The third-order valence-electron chi connectivity index (χ3n) is 1.70. The lowest BCUT2D eigenvalue weighted by molar-refractivity contribution is 0.00692. The van der Waals surface area contributed by atoms with Gasteiger partial charge in [-0.05, 0) is 39.0 Å². The SMILES string of the molecule is COc1cccc(C(=O)OC(C)(C)C)c1. The predicted octanol–water partition coefficient (Wildman–Crippen LogP) is 2.65. The number of benzene rings is 1. The maximum absolute atomic E-state index is 11.7. The molecular weight excluding hydrogens is 192 g/mol. The maximum Gasteiger partial charge on any atom is 0.338 e. The average Bonchev–Trinajstić information content (AvgIpc) is 2.15. The summed E-state index contributed by atoms with van der Waals surface area (Å²) in [7, 11) is 1.56. The molecule has 1 rings (SSSR count). The number of hydrogen-bond donors (Lipinski definition) is 0. The quantitative estimate of drug-likeness (QED) is 0.701. The molecule has 1 aromatic carbocycles. The van der Waals surface area contributed by atoms with Gasteiger partial charge in [0.1, 0.15) is 11.4 Å². The van der Waals surface area contributed by atoms with Crippen molar-refractivity contribution in [3.05, 3.63) is 29.8 Å². The number of ether oxygens (including phenoxy) is 2. The molecule has 0 spiro atoms. The summed E-state index contributed by atoms with van der Waals surface area (Å²) in [5, 5.41) is 0. The number of hydrogen-bond acceptors (Lipinski definition) is 3. The van der Waals surface area contributed by atoms with E-state index in [1.165, 1.54) is 0 Å². The number of carbonyl (C=O) groups excluding carboxylic acids is 1. The van der Waals surface area contributed by atoms with Gasteiger partial charge in [-0.25, -0.2) is 4.79 Å². The third-order valence-corrected chi connectivity index (χ3v) is 1.70. The maximum atomic E-state index is 11.7. The van der Waals surface area contributed by atoms with E-state index in [2.05, 4.69) is 0 Å². The van der Waals surface area contributed by atoms with E-state index in [9.17, 15) is 4.79 Å². The minimum absolute atomic E-state index is 0.332. The van der Waals surface area contributed by atoms with Crippen LogP contribution in [0.3, 0.4) is 0 Å². The Hall–Kier alpha value is -1.51. The Morgan fingerprint density at radius 3 is 2.47 bits per heavy atom. The van der Waals surface area contributed by atoms with E-state index < -0.39 is 5.60 Å². The summed E-state index contributed by atoms with van der Waals surface area (Å²) in [5.41, 5.74) is 0.0319. The van der Waals surface area contributed by atoms with Crippen LogP contribution in [0.1, 0.15) is 31.1 Å². The van der Waals surface area contributed by atoms with Crippen LogP contribution >= 0.6 is 0 Å².